The fourth-order valence-electron chi connectivity index (χ4n) is 2.67. The summed E-state index contributed by atoms with van der Waals surface area (Å²) in [5, 5.41) is 0.0866. The van der Waals surface area contributed by atoms with Gasteiger partial charge in [-0.1, -0.05) is 78.8 Å². The van der Waals surface area contributed by atoms with Gasteiger partial charge in [0.2, 0.25) is 0 Å². The van der Waals surface area contributed by atoms with Crippen molar-refractivity contribution >= 4 is 7.05 Å². The van der Waals surface area contributed by atoms with Gasteiger partial charge in [-0.05, 0) is 23.0 Å². The minimum absolute atomic E-state index is 0.0866. The first-order chi connectivity index (χ1) is 9.23. The lowest BCUT2D eigenvalue weighted by Crippen LogP contribution is -2.54. The Balaban J connectivity index is 2.85. The van der Waals surface area contributed by atoms with Gasteiger partial charge in [0, 0.05) is 0 Å². The largest absolute Gasteiger partial charge is 0.417 e. The summed E-state index contributed by atoms with van der Waals surface area (Å²) in [7, 11) is 0.114. The highest BCUT2D eigenvalue weighted by Crippen LogP contribution is 2.32. The third-order valence-corrected chi connectivity index (χ3v) is 3.45. The Morgan fingerprint density at radius 3 is 1.90 bits per heavy atom. The maximum Gasteiger partial charge on any atom is 0.388 e. The predicted octanol–water partition coefficient (Wildman–Crippen LogP) is 4.61. The van der Waals surface area contributed by atoms with Gasteiger partial charge < -0.3 is 9.47 Å². The zero-order chi connectivity index (χ0) is 15.3. The van der Waals surface area contributed by atoms with Crippen LogP contribution in [0.5, 0.6) is 0 Å². The Bertz CT molecular complexity index is 376. The van der Waals surface area contributed by atoms with Gasteiger partial charge in [-0.2, -0.15) is 0 Å². The molecule has 0 heterocycles. The maximum absolute atomic E-state index is 6.30. The van der Waals surface area contributed by atoms with Crippen LogP contribution in [-0.4, -0.2) is 23.9 Å². The van der Waals surface area contributed by atoms with Crippen LogP contribution in [-0.2, 0) is 11.3 Å². The third-order valence-electron chi connectivity index (χ3n) is 3.45. The molecule has 20 heavy (non-hydrogen) atoms. The van der Waals surface area contributed by atoms with Crippen LogP contribution in [0.15, 0.2) is 30.3 Å². The van der Waals surface area contributed by atoms with E-state index in [2.05, 4.69) is 77.5 Å². The fraction of sp³-hybridized carbons (Fsp3) is 0.647. The lowest BCUT2D eigenvalue weighted by molar-refractivity contribution is 0.187. The van der Waals surface area contributed by atoms with E-state index in [0.717, 1.165) is 0 Å². The molecule has 2 nitrogen and oxygen atoms in total. The molecule has 1 aromatic rings. The lowest BCUT2D eigenvalue weighted by atomic mass is 9.54. The molecule has 0 bridgehead atoms. The highest BCUT2D eigenvalue weighted by molar-refractivity contribution is 6.52. The third kappa shape index (κ3) is 4.95. The first kappa shape index (κ1) is 17.3. The summed E-state index contributed by atoms with van der Waals surface area (Å²) in [6.07, 6.45) is 0. The van der Waals surface area contributed by atoms with Crippen LogP contribution < -0.4 is 0 Å². The van der Waals surface area contributed by atoms with E-state index in [1.807, 2.05) is 6.07 Å². The van der Waals surface area contributed by atoms with Crippen molar-refractivity contribution in [2.24, 2.45) is 0 Å². The molecule has 0 unspecified atom stereocenters. The van der Waals surface area contributed by atoms with Crippen LogP contribution in [0.4, 0.5) is 0 Å². The van der Waals surface area contributed by atoms with Crippen molar-refractivity contribution in [3.05, 3.63) is 35.9 Å². The van der Waals surface area contributed by atoms with Crippen LogP contribution >= 0.6 is 0 Å². The second-order valence-electron chi connectivity index (χ2n) is 7.15. The minimum atomic E-state index is 0.0866. The summed E-state index contributed by atoms with van der Waals surface area (Å²) in [5.41, 5.74) is 1.23. The van der Waals surface area contributed by atoms with Crippen molar-refractivity contribution < 1.29 is 4.65 Å². The Labute approximate surface area is 125 Å². The molecule has 1 aromatic carbocycles. The van der Waals surface area contributed by atoms with E-state index in [1.54, 1.807) is 0 Å². The fourth-order valence-corrected chi connectivity index (χ4v) is 2.67. The average Bonchev–Trinajstić information content (AvgIpc) is 2.33. The average molecular weight is 275 g/mol. The second-order valence-corrected chi connectivity index (χ2v) is 7.15. The first-order valence-electron chi connectivity index (χ1n) is 7.66. The van der Waals surface area contributed by atoms with Crippen molar-refractivity contribution in [2.75, 3.05) is 0 Å². The zero-order valence-electron chi connectivity index (χ0n) is 14.2. The van der Waals surface area contributed by atoms with Gasteiger partial charge in [-0.25, -0.2) is 0 Å². The Hall–Kier alpha value is -0.795. The molecule has 0 saturated carbocycles. The molecular weight excluding hydrogens is 245 g/mol. The van der Waals surface area contributed by atoms with Crippen molar-refractivity contribution in [2.45, 2.75) is 72.5 Å². The summed E-state index contributed by atoms with van der Waals surface area (Å²) < 4.78 is 6.30. The summed E-state index contributed by atoms with van der Waals surface area (Å²) in [4.78, 5) is 2.46. The summed E-state index contributed by atoms with van der Waals surface area (Å²) in [6, 6.07) is 11.3. The molecule has 0 saturated heterocycles. The molecule has 0 atom stereocenters. The second kappa shape index (κ2) is 7.28. The van der Waals surface area contributed by atoms with Crippen molar-refractivity contribution in [3.8, 4) is 0 Å². The Morgan fingerprint density at radius 2 is 1.50 bits per heavy atom. The van der Waals surface area contributed by atoms with Crippen LogP contribution in [0.1, 0.15) is 54.0 Å². The van der Waals surface area contributed by atoms with E-state index in [1.165, 1.54) is 5.56 Å². The Kier molecular flexibility index (Phi) is 6.28. The normalized spacial score (nSPS) is 12.5. The monoisotopic (exact) mass is 275 g/mol. The zero-order valence-corrected chi connectivity index (χ0v) is 14.2. The maximum atomic E-state index is 6.30. The first-order valence-corrected chi connectivity index (χ1v) is 7.66. The van der Waals surface area contributed by atoms with E-state index in [-0.39, 0.29) is 12.4 Å². The topological polar surface area (TPSA) is 12.5 Å². The standard InChI is InChI=1S/C17H30BNO/c1-14(2)19(15(3)4)18(17(5,6)7)20-13-16-11-9-8-10-12-16/h8-12,14-15H,13H2,1-7H3. The molecular formula is C17H30BNO. The van der Waals surface area contributed by atoms with E-state index in [0.29, 0.717) is 18.7 Å². The molecule has 0 aromatic heterocycles. The molecule has 0 fully saturated rings. The lowest BCUT2D eigenvalue weighted by Gasteiger charge is -2.41. The van der Waals surface area contributed by atoms with Crippen molar-refractivity contribution in [1.29, 1.82) is 0 Å². The van der Waals surface area contributed by atoms with E-state index < -0.39 is 0 Å². The molecule has 0 aliphatic rings. The van der Waals surface area contributed by atoms with Crippen molar-refractivity contribution in [1.82, 2.24) is 4.81 Å². The molecule has 0 N–H and O–H groups in total. The van der Waals surface area contributed by atoms with E-state index >= 15 is 0 Å². The predicted molar refractivity (Wildman–Crippen MR) is 88.8 cm³/mol. The van der Waals surface area contributed by atoms with Gasteiger partial charge in [0.05, 0.1) is 6.61 Å². The highest BCUT2D eigenvalue weighted by Gasteiger charge is 2.39. The number of hydrogen-bond donors (Lipinski definition) is 0. The highest BCUT2D eigenvalue weighted by atomic mass is 16.4. The van der Waals surface area contributed by atoms with Crippen LogP contribution in [0.3, 0.4) is 0 Å². The van der Waals surface area contributed by atoms with Gasteiger partial charge >= 0.3 is 7.05 Å². The number of hydrogen-bond acceptors (Lipinski definition) is 2. The van der Waals surface area contributed by atoms with Gasteiger partial charge in [0.15, 0.2) is 0 Å². The summed E-state index contributed by atoms with van der Waals surface area (Å²) >= 11 is 0. The molecule has 0 aliphatic heterocycles. The van der Waals surface area contributed by atoms with Gasteiger partial charge in [0.25, 0.3) is 0 Å². The van der Waals surface area contributed by atoms with Crippen LogP contribution in [0, 0.1) is 0 Å². The molecule has 0 amide bonds. The van der Waals surface area contributed by atoms with E-state index in [4.69, 9.17) is 4.65 Å². The molecule has 3 heteroatoms. The van der Waals surface area contributed by atoms with E-state index in [9.17, 15) is 0 Å². The smallest absolute Gasteiger partial charge is 0.388 e. The molecule has 1 rings (SSSR count). The Morgan fingerprint density at radius 1 is 1.00 bits per heavy atom. The number of rotatable bonds is 6. The van der Waals surface area contributed by atoms with Crippen LogP contribution in [0.25, 0.3) is 0 Å². The summed E-state index contributed by atoms with van der Waals surface area (Å²) in [6.45, 7) is 16.4. The molecule has 0 spiro atoms. The SMILES string of the molecule is CC(C)N(B(OCc1ccccc1)C(C)(C)C)C(C)C. The van der Waals surface area contributed by atoms with Gasteiger partial charge in [0.1, 0.15) is 0 Å². The number of nitrogens with zero attached hydrogens (tertiary/aromatic N) is 1. The van der Waals surface area contributed by atoms with Gasteiger partial charge in [-0.3, -0.25) is 0 Å². The molecule has 0 aliphatic carbocycles. The van der Waals surface area contributed by atoms with Crippen molar-refractivity contribution in [3.63, 3.8) is 0 Å². The molecule has 112 valence electrons. The van der Waals surface area contributed by atoms with Gasteiger partial charge in [-0.15, -0.1) is 0 Å². The number of benzene rings is 1. The minimum Gasteiger partial charge on any atom is -0.417 e. The quantitative estimate of drug-likeness (QED) is 0.703. The van der Waals surface area contributed by atoms with Crippen LogP contribution in [0.2, 0.25) is 5.31 Å². The molecule has 0 radical (unpaired) electrons. The summed E-state index contributed by atoms with van der Waals surface area (Å²) in [5.74, 6) is 0.